The number of anilines is 1. The molecule has 0 atom stereocenters. The van der Waals surface area contributed by atoms with E-state index in [2.05, 4.69) is 15.6 Å². The highest BCUT2D eigenvalue weighted by Crippen LogP contribution is 2.32. The Morgan fingerprint density at radius 3 is 2.43 bits per heavy atom. The van der Waals surface area contributed by atoms with Gasteiger partial charge in [-0.1, -0.05) is 6.42 Å². The van der Waals surface area contributed by atoms with Gasteiger partial charge in [0.1, 0.15) is 17.5 Å². The zero-order valence-electron chi connectivity index (χ0n) is 19.0. The van der Waals surface area contributed by atoms with Gasteiger partial charge in [0.15, 0.2) is 0 Å². The summed E-state index contributed by atoms with van der Waals surface area (Å²) in [6.07, 6.45) is 6.04. The number of carbonyl (C=O) groups is 2. The van der Waals surface area contributed by atoms with Gasteiger partial charge in [0.25, 0.3) is 5.91 Å². The topological polar surface area (TPSA) is 88.9 Å². The summed E-state index contributed by atoms with van der Waals surface area (Å²) >= 11 is 0. The Kier molecular flexibility index (Phi) is 5.98. The number of nitrogens with zero attached hydrogens (tertiary/aromatic N) is 3. The summed E-state index contributed by atoms with van der Waals surface area (Å²) in [4.78, 5) is 34.5. The molecular weight excluding hydrogens is 452 g/mol. The Hall–Kier alpha value is -4.14. The molecule has 1 fully saturated rings. The first-order valence-electron chi connectivity index (χ1n) is 11.3. The predicted molar refractivity (Wildman–Crippen MR) is 127 cm³/mol. The van der Waals surface area contributed by atoms with Crippen molar-refractivity contribution in [1.29, 1.82) is 0 Å². The molecule has 178 valence electrons. The zero-order valence-corrected chi connectivity index (χ0v) is 19.0. The lowest BCUT2D eigenvalue weighted by Gasteiger charge is -2.24. The van der Waals surface area contributed by atoms with E-state index < -0.39 is 17.5 Å². The fourth-order valence-corrected chi connectivity index (χ4v) is 4.24. The van der Waals surface area contributed by atoms with Crippen molar-refractivity contribution < 1.29 is 18.4 Å². The van der Waals surface area contributed by atoms with Crippen LogP contribution in [0.5, 0.6) is 0 Å². The van der Waals surface area contributed by atoms with Crippen molar-refractivity contribution in [2.24, 2.45) is 13.0 Å². The number of aryl methyl sites for hydroxylation is 1. The van der Waals surface area contributed by atoms with Gasteiger partial charge in [-0.15, -0.1) is 0 Å². The highest BCUT2D eigenvalue weighted by molar-refractivity contribution is 6.06. The molecule has 1 saturated carbocycles. The van der Waals surface area contributed by atoms with Crippen molar-refractivity contribution in [3.05, 3.63) is 77.6 Å². The number of benzene rings is 2. The van der Waals surface area contributed by atoms with Crippen LogP contribution in [0.25, 0.3) is 22.4 Å². The second-order valence-electron chi connectivity index (χ2n) is 8.70. The highest BCUT2D eigenvalue weighted by Gasteiger charge is 2.27. The minimum atomic E-state index is -0.714. The molecule has 2 aromatic carbocycles. The zero-order chi connectivity index (χ0) is 24.5. The molecule has 9 heteroatoms. The van der Waals surface area contributed by atoms with Crippen molar-refractivity contribution in [2.45, 2.75) is 25.8 Å². The normalized spacial score (nSPS) is 13.5. The Bertz CT molecular complexity index is 1410. The van der Waals surface area contributed by atoms with E-state index in [0.717, 1.165) is 43.0 Å². The van der Waals surface area contributed by atoms with E-state index in [4.69, 9.17) is 4.98 Å². The van der Waals surface area contributed by atoms with E-state index in [9.17, 15) is 18.4 Å². The summed E-state index contributed by atoms with van der Waals surface area (Å²) in [6.45, 7) is -0.0558. The molecule has 0 aliphatic heterocycles. The summed E-state index contributed by atoms with van der Waals surface area (Å²) in [5, 5.41) is 5.67. The maximum atomic E-state index is 13.5. The van der Waals surface area contributed by atoms with E-state index in [1.165, 1.54) is 0 Å². The van der Waals surface area contributed by atoms with Gasteiger partial charge in [0.2, 0.25) is 5.91 Å². The lowest BCUT2D eigenvalue weighted by molar-refractivity contribution is -0.122. The maximum Gasteiger partial charge on any atom is 0.251 e. The monoisotopic (exact) mass is 475 g/mol. The number of imidazole rings is 1. The molecule has 0 bridgehead atoms. The summed E-state index contributed by atoms with van der Waals surface area (Å²) in [5.74, 6) is -1.35. The average molecular weight is 475 g/mol. The van der Waals surface area contributed by atoms with Crippen LogP contribution in [-0.2, 0) is 18.4 Å². The number of hydrogen-bond acceptors (Lipinski definition) is 4. The van der Waals surface area contributed by atoms with E-state index in [0.29, 0.717) is 28.1 Å². The van der Waals surface area contributed by atoms with Gasteiger partial charge in [-0.05, 0) is 54.8 Å². The first-order chi connectivity index (χ1) is 16.9. The van der Waals surface area contributed by atoms with E-state index in [1.807, 2.05) is 23.7 Å². The fourth-order valence-electron chi connectivity index (χ4n) is 4.24. The van der Waals surface area contributed by atoms with Gasteiger partial charge in [-0.2, -0.15) is 0 Å². The molecule has 35 heavy (non-hydrogen) atoms. The lowest BCUT2D eigenvalue weighted by atomic mass is 9.85. The molecule has 4 aromatic rings. The number of carbonyl (C=O) groups excluding carboxylic acids is 2. The summed E-state index contributed by atoms with van der Waals surface area (Å²) in [6, 6.07) is 10.0. The van der Waals surface area contributed by atoms with Crippen molar-refractivity contribution in [3.8, 4) is 11.4 Å². The number of nitrogens with one attached hydrogen (secondary N) is 2. The lowest BCUT2D eigenvalue weighted by Crippen LogP contribution is -2.28. The van der Waals surface area contributed by atoms with Crippen LogP contribution in [0.2, 0.25) is 0 Å². The molecule has 2 N–H and O–H groups in total. The molecular formula is C26H23F2N5O2. The van der Waals surface area contributed by atoms with Crippen LogP contribution in [0.4, 0.5) is 14.5 Å². The minimum Gasteiger partial charge on any atom is -0.348 e. The fraction of sp³-hybridized carbons (Fsp3) is 0.231. The van der Waals surface area contributed by atoms with E-state index in [-0.39, 0.29) is 23.9 Å². The van der Waals surface area contributed by atoms with Gasteiger partial charge in [0.05, 0.1) is 16.7 Å². The molecule has 5 rings (SSSR count). The van der Waals surface area contributed by atoms with E-state index >= 15 is 0 Å². The van der Waals surface area contributed by atoms with Crippen LogP contribution in [0, 0.1) is 17.6 Å². The quantitative estimate of drug-likeness (QED) is 0.427. The second-order valence-corrected chi connectivity index (χ2v) is 8.70. The molecule has 2 amide bonds. The van der Waals surface area contributed by atoms with Crippen molar-refractivity contribution in [1.82, 2.24) is 19.9 Å². The van der Waals surface area contributed by atoms with Crippen LogP contribution in [0.3, 0.4) is 0 Å². The Balaban J connectivity index is 1.50. The number of halogens is 2. The van der Waals surface area contributed by atoms with Gasteiger partial charge >= 0.3 is 0 Å². The van der Waals surface area contributed by atoms with Gasteiger partial charge in [0, 0.05) is 49.1 Å². The third kappa shape index (κ3) is 4.62. The molecule has 2 heterocycles. The first-order valence-corrected chi connectivity index (χ1v) is 11.3. The summed E-state index contributed by atoms with van der Waals surface area (Å²) in [5.41, 5.74) is 3.12. The molecule has 0 saturated heterocycles. The summed E-state index contributed by atoms with van der Waals surface area (Å²) in [7, 11) is 1.85. The molecule has 0 radical (unpaired) electrons. The number of pyridine rings is 1. The largest absolute Gasteiger partial charge is 0.348 e. The van der Waals surface area contributed by atoms with Crippen LogP contribution in [0.1, 0.15) is 35.2 Å². The predicted octanol–water partition coefficient (Wildman–Crippen LogP) is 4.58. The highest BCUT2D eigenvalue weighted by atomic mass is 19.1. The Labute approximate surface area is 200 Å². The third-order valence-electron chi connectivity index (χ3n) is 6.28. The Morgan fingerprint density at radius 2 is 1.77 bits per heavy atom. The van der Waals surface area contributed by atoms with E-state index in [1.54, 1.807) is 24.5 Å². The van der Waals surface area contributed by atoms with Crippen molar-refractivity contribution >= 4 is 28.5 Å². The number of hydrogen-bond donors (Lipinski definition) is 2. The molecule has 0 unspecified atom stereocenters. The van der Waals surface area contributed by atoms with Crippen LogP contribution >= 0.6 is 0 Å². The maximum absolute atomic E-state index is 13.5. The van der Waals surface area contributed by atoms with Crippen molar-refractivity contribution in [2.75, 3.05) is 5.32 Å². The second kappa shape index (κ2) is 9.25. The molecule has 7 nitrogen and oxygen atoms in total. The average Bonchev–Trinajstić information content (AvgIpc) is 3.13. The number of amides is 2. The first kappa shape index (κ1) is 22.6. The van der Waals surface area contributed by atoms with Gasteiger partial charge in [-0.3, -0.25) is 14.6 Å². The number of rotatable bonds is 6. The minimum absolute atomic E-state index is 0.0432. The molecule has 0 spiro atoms. The van der Waals surface area contributed by atoms with Crippen molar-refractivity contribution in [3.63, 3.8) is 0 Å². The Morgan fingerprint density at radius 1 is 1.06 bits per heavy atom. The number of fused-ring (bicyclic) bond motifs is 1. The van der Waals surface area contributed by atoms with Gasteiger partial charge in [-0.25, -0.2) is 13.8 Å². The SMILES string of the molecule is Cn1c(-c2ccncc2)nc2cc(C(=O)NCc3cc(F)cc(F)c3)cc(NC(=O)C3CCC3)c21. The van der Waals surface area contributed by atoms with Gasteiger partial charge < -0.3 is 15.2 Å². The standard InChI is InChI=1S/C26H23F2N5O2/c1-33-23-21(31-24(33)16-5-7-29-8-6-16)11-18(12-22(23)32-26(35)17-3-2-4-17)25(34)30-14-15-9-19(27)13-20(28)10-15/h5-13,17H,2-4,14H2,1H3,(H,30,34)(H,32,35). The molecule has 1 aliphatic rings. The van der Waals surface area contributed by atoms with Crippen LogP contribution in [0.15, 0.2) is 54.9 Å². The van der Waals surface area contributed by atoms with Crippen LogP contribution < -0.4 is 10.6 Å². The molecule has 2 aromatic heterocycles. The number of aromatic nitrogens is 3. The summed E-state index contributed by atoms with van der Waals surface area (Å²) < 4.78 is 28.9. The van der Waals surface area contributed by atoms with Crippen LogP contribution in [-0.4, -0.2) is 26.3 Å². The third-order valence-corrected chi connectivity index (χ3v) is 6.28. The molecule has 1 aliphatic carbocycles. The smallest absolute Gasteiger partial charge is 0.251 e.